The number of nitrogens with one attached hydrogen (secondary N) is 1. The van der Waals surface area contributed by atoms with Gasteiger partial charge in [0.15, 0.2) is 0 Å². The smallest absolute Gasteiger partial charge is 0.263 e. The van der Waals surface area contributed by atoms with Crippen molar-refractivity contribution in [1.29, 1.82) is 0 Å². The number of nitrogens with zero attached hydrogens (tertiary/aromatic N) is 2. The number of amides is 1. The van der Waals surface area contributed by atoms with E-state index in [2.05, 4.69) is 10.5 Å². The molecule has 0 aliphatic carbocycles. The molecular formula is C26H28ClN3O5S. The molecule has 1 atom stereocenters. The summed E-state index contributed by atoms with van der Waals surface area (Å²) in [5, 5.41) is 4.62. The van der Waals surface area contributed by atoms with Crippen LogP contribution in [0.4, 0.5) is 5.69 Å². The second kappa shape index (κ2) is 12.4. The van der Waals surface area contributed by atoms with Crippen molar-refractivity contribution < 1.29 is 22.7 Å². The van der Waals surface area contributed by atoms with Crippen molar-refractivity contribution >= 4 is 39.4 Å². The predicted octanol–water partition coefficient (Wildman–Crippen LogP) is 4.62. The third kappa shape index (κ3) is 7.73. The fraction of sp³-hybridized carbons (Fsp3) is 0.231. The van der Waals surface area contributed by atoms with Crippen molar-refractivity contribution in [2.45, 2.75) is 26.5 Å². The second-order valence-electron chi connectivity index (χ2n) is 7.88. The van der Waals surface area contributed by atoms with E-state index in [-0.39, 0.29) is 0 Å². The van der Waals surface area contributed by atoms with Gasteiger partial charge in [-0.2, -0.15) is 5.10 Å². The zero-order valence-corrected chi connectivity index (χ0v) is 21.8. The van der Waals surface area contributed by atoms with Crippen LogP contribution in [-0.2, 0) is 21.4 Å². The molecule has 0 saturated carbocycles. The summed E-state index contributed by atoms with van der Waals surface area (Å²) < 4.78 is 37.1. The Labute approximate surface area is 216 Å². The number of carbonyl (C=O) groups excluding carboxylic acids is 1. The molecule has 0 radical (unpaired) electrons. The number of hydrogen-bond acceptors (Lipinski definition) is 6. The first kappa shape index (κ1) is 27.0. The molecule has 0 aliphatic heterocycles. The third-order valence-electron chi connectivity index (χ3n) is 5.05. The molecule has 3 rings (SSSR count). The molecule has 0 aliphatic rings. The lowest BCUT2D eigenvalue weighted by Crippen LogP contribution is -2.46. The standard InChI is InChI=1S/C26H28ClN3O5S/c1-4-34-24-14-10-23(11-15-24)30(36(3,32)33)19(2)26(31)29-28-17-20-8-12-25(13-9-20)35-18-21-6-5-7-22(27)16-21/h5-17,19H,4,18H2,1-3H3,(H,29,31)/b28-17-/t19-/m0/s1. The van der Waals surface area contributed by atoms with Gasteiger partial charge in [-0.05, 0) is 85.6 Å². The lowest BCUT2D eigenvalue weighted by Gasteiger charge is -2.27. The molecule has 0 spiro atoms. The van der Waals surface area contributed by atoms with E-state index in [1.54, 1.807) is 54.6 Å². The summed E-state index contributed by atoms with van der Waals surface area (Å²) in [4.78, 5) is 12.7. The number of hydrazone groups is 1. The van der Waals surface area contributed by atoms with E-state index >= 15 is 0 Å². The molecule has 0 bridgehead atoms. The maximum absolute atomic E-state index is 12.7. The van der Waals surface area contributed by atoms with Gasteiger partial charge in [0.1, 0.15) is 24.1 Å². The number of benzene rings is 3. The molecule has 0 unspecified atom stereocenters. The van der Waals surface area contributed by atoms with Crippen molar-refractivity contribution in [3.05, 3.63) is 88.9 Å². The van der Waals surface area contributed by atoms with Crippen LogP contribution in [0.2, 0.25) is 5.02 Å². The molecule has 3 aromatic carbocycles. The van der Waals surface area contributed by atoms with E-state index in [9.17, 15) is 13.2 Å². The van der Waals surface area contributed by atoms with Gasteiger partial charge < -0.3 is 9.47 Å². The van der Waals surface area contributed by atoms with Gasteiger partial charge in [-0.15, -0.1) is 0 Å². The Balaban J connectivity index is 1.59. The van der Waals surface area contributed by atoms with E-state index in [4.69, 9.17) is 21.1 Å². The number of carbonyl (C=O) groups is 1. The maximum atomic E-state index is 12.7. The summed E-state index contributed by atoms with van der Waals surface area (Å²) in [6.07, 6.45) is 2.51. The van der Waals surface area contributed by atoms with Gasteiger partial charge in [0.05, 0.1) is 24.8 Å². The largest absolute Gasteiger partial charge is 0.494 e. The first-order valence-electron chi connectivity index (χ1n) is 11.2. The van der Waals surface area contributed by atoms with Gasteiger partial charge in [-0.3, -0.25) is 9.10 Å². The van der Waals surface area contributed by atoms with Gasteiger partial charge in [0.2, 0.25) is 10.0 Å². The Hall–Kier alpha value is -3.56. The summed E-state index contributed by atoms with van der Waals surface area (Å²) >= 11 is 5.99. The topological polar surface area (TPSA) is 97.3 Å². The monoisotopic (exact) mass is 529 g/mol. The minimum Gasteiger partial charge on any atom is -0.494 e. The summed E-state index contributed by atoms with van der Waals surface area (Å²) in [7, 11) is -3.74. The van der Waals surface area contributed by atoms with Gasteiger partial charge in [0, 0.05) is 5.02 Å². The lowest BCUT2D eigenvalue weighted by molar-refractivity contribution is -0.121. The molecule has 10 heteroatoms. The maximum Gasteiger partial charge on any atom is 0.263 e. The minimum absolute atomic E-state index is 0.348. The third-order valence-corrected chi connectivity index (χ3v) is 6.53. The number of halogens is 1. The molecule has 1 amide bonds. The molecule has 3 aromatic rings. The number of sulfonamides is 1. The van der Waals surface area contributed by atoms with Crippen molar-refractivity contribution in [2.24, 2.45) is 5.10 Å². The highest BCUT2D eigenvalue weighted by molar-refractivity contribution is 7.92. The van der Waals surface area contributed by atoms with Gasteiger partial charge >= 0.3 is 0 Å². The fourth-order valence-electron chi connectivity index (χ4n) is 3.37. The molecule has 36 heavy (non-hydrogen) atoms. The molecule has 0 heterocycles. The SMILES string of the molecule is CCOc1ccc(N([C@@H](C)C(=O)N/N=C\c2ccc(OCc3cccc(Cl)c3)cc2)S(C)(=O)=O)cc1. The number of hydrogen-bond donors (Lipinski definition) is 1. The highest BCUT2D eigenvalue weighted by Crippen LogP contribution is 2.24. The molecule has 0 aromatic heterocycles. The van der Waals surface area contributed by atoms with Crippen molar-refractivity contribution in [3.8, 4) is 11.5 Å². The molecule has 0 fully saturated rings. The van der Waals surface area contributed by atoms with E-state index < -0.39 is 22.0 Å². The molecular weight excluding hydrogens is 502 g/mol. The first-order valence-corrected chi connectivity index (χ1v) is 13.4. The van der Waals surface area contributed by atoms with Crippen LogP contribution >= 0.6 is 11.6 Å². The second-order valence-corrected chi connectivity index (χ2v) is 10.2. The minimum atomic E-state index is -3.74. The molecule has 1 N–H and O–H groups in total. The molecule has 0 saturated heterocycles. The molecule has 8 nitrogen and oxygen atoms in total. The van der Waals surface area contributed by atoms with Crippen LogP contribution in [0.3, 0.4) is 0 Å². The Morgan fingerprint density at radius 1 is 1.06 bits per heavy atom. The average Bonchev–Trinajstić information content (AvgIpc) is 2.84. The van der Waals surface area contributed by atoms with E-state index in [1.807, 2.05) is 25.1 Å². The zero-order chi connectivity index (χ0) is 26.1. The van der Waals surface area contributed by atoms with Crippen molar-refractivity contribution in [1.82, 2.24) is 5.43 Å². The van der Waals surface area contributed by atoms with Crippen LogP contribution in [0.25, 0.3) is 0 Å². The van der Waals surface area contributed by atoms with Crippen LogP contribution < -0.4 is 19.2 Å². The normalized spacial score (nSPS) is 12.2. The van der Waals surface area contributed by atoms with Crippen molar-refractivity contribution in [3.63, 3.8) is 0 Å². The highest BCUT2D eigenvalue weighted by atomic mass is 35.5. The summed E-state index contributed by atoms with van der Waals surface area (Å²) in [5.41, 5.74) is 4.44. The summed E-state index contributed by atoms with van der Waals surface area (Å²) in [6.45, 7) is 4.22. The van der Waals surface area contributed by atoms with Gasteiger partial charge in [-0.1, -0.05) is 23.7 Å². The van der Waals surface area contributed by atoms with E-state index in [0.717, 1.165) is 21.7 Å². The first-order chi connectivity index (χ1) is 17.2. The fourth-order valence-corrected chi connectivity index (χ4v) is 4.76. The van der Waals surface area contributed by atoms with Crippen LogP contribution in [0.5, 0.6) is 11.5 Å². The number of rotatable bonds is 11. The van der Waals surface area contributed by atoms with Crippen molar-refractivity contribution in [2.75, 3.05) is 17.2 Å². The number of anilines is 1. The number of ether oxygens (including phenoxy) is 2. The Kier molecular flexibility index (Phi) is 9.32. The van der Waals surface area contributed by atoms with E-state index in [0.29, 0.717) is 35.4 Å². The lowest BCUT2D eigenvalue weighted by atomic mass is 10.2. The zero-order valence-electron chi connectivity index (χ0n) is 20.2. The van der Waals surface area contributed by atoms with Crippen LogP contribution in [-0.4, -0.2) is 39.4 Å². The predicted molar refractivity (Wildman–Crippen MR) is 142 cm³/mol. The van der Waals surface area contributed by atoms with Crippen LogP contribution in [0.1, 0.15) is 25.0 Å². The Morgan fingerprint density at radius 2 is 1.69 bits per heavy atom. The Bertz CT molecular complexity index is 1300. The highest BCUT2D eigenvalue weighted by Gasteiger charge is 2.29. The molecule has 190 valence electrons. The Morgan fingerprint density at radius 3 is 2.31 bits per heavy atom. The van der Waals surface area contributed by atoms with Gasteiger partial charge in [0.25, 0.3) is 5.91 Å². The van der Waals surface area contributed by atoms with Crippen LogP contribution in [0, 0.1) is 0 Å². The summed E-state index contributed by atoms with van der Waals surface area (Å²) in [6, 6.07) is 20.0. The van der Waals surface area contributed by atoms with Gasteiger partial charge in [-0.25, -0.2) is 13.8 Å². The average molecular weight is 530 g/mol. The summed E-state index contributed by atoms with van der Waals surface area (Å²) in [5.74, 6) is 0.702. The quantitative estimate of drug-likeness (QED) is 0.289. The van der Waals surface area contributed by atoms with Crippen LogP contribution in [0.15, 0.2) is 77.9 Å². The van der Waals surface area contributed by atoms with E-state index in [1.165, 1.54) is 13.1 Å².